The van der Waals surface area contributed by atoms with Crippen molar-refractivity contribution in [2.45, 2.75) is 19.8 Å². The number of rotatable bonds is 10. The summed E-state index contributed by atoms with van der Waals surface area (Å²) >= 11 is 0. The number of hydrogen-bond acceptors (Lipinski definition) is 4. The van der Waals surface area contributed by atoms with Crippen LogP contribution in [-0.4, -0.2) is 40.6 Å². The fraction of sp³-hybridized carbons (Fsp3) is 0.600. The Kier molecular flexibility index (Phi) is 8.02. The maximum Gasteiger partial charge on any atom is 0.123 e. The Morgan fingerprint density at radius 2 is 1.21 bits per heavy atom. The maximum atomic E-state index is 5.67. The summed E-state index contributed by atoms with van der Waals surface area (Å²) in [5.74, 6) is 1.69. The van der Waals surface area contributed by atoms with Crippen LogP contribution in [0.4, 0.5) is 0 Å². The molecule has 0 heterocycles. The van der Waals surface area contributed by atoms with Crippen molar-refractivity contribution >= 4 is 0 Å². The zero-order valence-electron chi connectivity index (χ0n) is 12.1. The summed E-state index contributed by atoms with van der Waals surface area (Å²) < 4.78 is 21.3. The van der Waals surface area contributed by atoms with E-state index in [1.165, 1.54) is 0 Å². The molecule has 0 N–H and O–H groups in total. The number of methoxy groups -OCH3 is 2. The van der Waals surface area contributed by atoms with E-state index in [-0.39, 0.29) is 0 Å². The Labute approximate surface area is 115 Å². The third-order valence-electron chi connectivity index (χ3n) is 2.55. The Hall–Kier alpha value is -1.26. The standard InChI is InChI=1S/C15H24O4/c1-13-10-14(18-8-4-6-16-2)12-15(11-13)19-9-5-7-17-3/h10-12H,4-9H2,1-3H3. The molecule has 4 heteroatoms. The number of hydrogen-bond donors (Lipinski definition) is 0. The lowest BCUT2D eigenvalue weighted by Gasteiger charge is -2.11. The van der Waals surface area contributed by atoms with E-state index in [1.54, 1.807) is 14.2 Å². The maximum absolute atomic E-state index is 5.67. The van der Waals surface area contributed by atoms with Crippen LogP contribution in [0.3, 0.4) is 0 Å². The van der Waals surface area contributed by atoms with E-state index in [9.17, 15) is 0 Å². The van der Waals surface area contributed by atoms with Gasteiger partial charge in [0.2, 0.25) is 0 Å². The van der Waals surface area contributed by atoms with Crippen molar-refractivity contribution in [2.75, 3.05) is 40.6 Å². The highest BCUT2D eigenvalue weighted by molar-refractivity contribution is 5.37. The first-order valence-electron chi connectivity index (χ1n) is 6.61. The summed E-state index contributed by atoms with van der Waals surface area (Å²) in [6.07, 6.45) is 1.77. The molecule has 0 saturated heterocycles. The molecule has 108 valence electrons. The quantitative estimate of drug-likeness (QED) is 0.611. The third-order valence-corrected chi connectivity index (χ3v) is 2.55. The molecule has 0 aliphatic rings. The zero-order valence-corrected chi connectivity index (χ0v) is 12.1. The van der Waals surface area contributed by atoms with E-state index in [1.807, 2.05) is 25.1 Å². The molecule has 0 aliphatic heterocycles. The van der Waals surface area contributed by atoms with Crippen molar-refractivity contribution in [1.82, 2.24) is 0 Å². The molecule has 0 spiro atoms. The Morgan fingerprint density at radius 3 is 1.63 bits per heavy atom. The van der Waals surface area contributed by atoms with E-state index in [0.29, 0.717) is 26.4 Å². The van der Waals surface area contributed by atoms with Crippen molar-refractivity contribution in [1.29, 1.82) is 0 Å². The van der Waals surface area contributed by atoms with Gasteiger partial charge < -0.3 is 18.9 Å². The van der Waals surface area contributed by atoms with Gasteiger partial charge in [0.25, 0.3) is 0 Å². The fourth-order valence-electron chi connectivity index (χ4n) is 1.67. The van der Waals surface area contributed by atoms with Crippen LogP contribution in [0.15, 0.2) is 18.2 Å². The summed E-state index contributed by atoms with van der Waals surface area (Å²) in [7, 11) is 3.39. The highest BCUT2D eigenvalue weighted by Gasteiger charge is 2.01. The van der Waals surface area contributed by atoms with E-state index in [4.69, 9.17) is 18.9 Å². The molecule has 0 saturated carbocycles. The molecule has 1 aromatic rings. The van der Waals surface area contributed by atoms with Crippen molar-refractivity contribution in [3.8, 4) is 11.5 Å². The van der Waals surface area contributed by atoms with Gasteiger partial charge in [-0.1, -0.05) is 0 Å². The van der Waals surface area contributed by atoms with Crippen molar-refractivity contribution in [3.63, 3.8) is 0 Å². The number of ether oxygens (including phenoxy) is 4. The molecular weight excluding hydrogens is 244 g/mol. The molecule has 0 bridgehead atoms. The predicted octanol–water partition coefficient (Wildman–Crippen LogP) is 2.83. The van der Waals surface area contributed by atoms with Gasteiger partial charge in [0.05, 0.1) is 13.2 Å². The molecule has 1 aromatic carbocycles. The highest BCUT2D eigenvalue weighted by atomic mass is 16.5. The van der Waals surface area contributed by atoms with Crippen LogP contribution in [0.1, 0.15) is 18.4 Å². The minimum absolute atomic E-state index is 0.653. The number of aryl methyl sites for hydroxylation is 1. The monoisotopic (exact) mass is 268 g/mol. The normalized spacial score (nSPS) is 10.5. The van der Waals surface area contributed by atoms with E-state index < -0.39 is 0 Å². The average molecular weight is 268 g/mol. The molecule has 1 rings (SSSR count). The molecule has 0 fully saturated rings. The fourth-order valence-corrected chi connectivity index (χ4v) is 1.67. The Morgan fingerprint density at radius 1 is 0.737 bits per heavy atom. The van der Waals surface area contributed by atoms with Crippen LogP contribution in [0.2, 0.25) is 0 Å². The second-order valence-corrected chi connectivity index (χ2v) is 4.37. The van der Waals surface area contributed by atoms with Gasteiger partial charge in [-0.05, 0) is 24.6 Å². The smallest absolute Gasteiger partial charge is 0.123 e. The van der Waals surface area contributed by atoms with Gasteiger partial charge in [0.1, 0.15) is 11.5 Å². The first-order valence-corrected chi connectivity index (χ1v) is 6.61. The van der Waals surface area contributed by atoms with Gasteiger partial charge in [-0.25, -0.2) is 0 Å². The van der Waals surface area contributed by atoms with E-state index in [0.717, 1.165) is 29.9 Å². The van der Waals surface area contributed by atoms with Gasteiger partial charge in [-0.3, -0.25) is 0 Å². The Bertz CT molecular complexity index is 322. The second kappa shape index (κ2) is 9.64. The summed E-state index contributed by atoms with van der Waals surface area (Å²) in [6, 6.07) is 5.94. The van der Waals surface area contributed by atoms with Crippen molar-refractivity contribution < 1.29 is 18.9 Å². The molecule has 0 radical (unpaired) electrons. The minimum Gasteiger partial charge on any atom is -0.493 e. The third kappa shape index (κ3) is 7.03. The predicted molar refractivity (Wildman–Crippen MR) is 75.2 cm³/mol. The van der Waals surface area contributed by atoms with Crippen molar-refractivity contribution in [2.24, 2.45) is 0 Å². The van der Waals surface area contributed by atoms with Gasteiger partial charge in [0.15, 0.2) is 0 Å². The van der Waals surface area contributed by atoms with Crippen molar-refractivity contribution in [3.05, 3.63) is 23.8 Å². The summed E-state index contributed by atoms with van der Waals surface area (Å²) in [4.78, 5) is 0. The van der Waals surface area contributed by atoms with E-state index >= 15 is 0 Å². The van der Waals surface area contributed by atoms with Crippen LogP contribution in [0.25, 0.3) is 0 Å². The average Bonchev–Trinajstić information content (AvgIpc) is 2.39. The molecule has 0 amide bonds. The largest absolute Gasteiger partial charge is 0.493 e. The molecule has 0 unspecified atom stereocenters. The summed E-state index contributed by atoms with van der Waals surface area (Å²) in [6.45, 7) is 4.77. The van der Waals surface area contributed by atoms with Gasteiger partial charge in [-0.15, -0.1) is 0 Å². The topological polar surface area (TPSA) is 36.9 Å². The number of benzene rings is 1. The lowest BCUT2D eigenvalue weighted by molar-refractivity contribution is 0.170. The zero-order chi connectivity index (χ0) is 13.9. The molecule has 4 nitrogen and oxygen atoms in total. The van der Waals surface area contributed by atoms with Gasteiger partial charge >= 0.3 is 0 Å². The molecule has 19 heavy (non-hydrogen) atoms. The summed E-state index contributed by atoms with van der Waals surface area (Å²) in [5.41, 5.74) is 1.13. The molecule has 0 atom stereocenters. The lowest BCUT2D eigenvalue weighted by atomic mass is 10.2. The summed E-state index contributed by atoms with van der Waals surface area (Å²) in [5, 5.41) is 0. The minimum atomic E-state index is 0.653. The first-order chi connectivity index (χ1) is 9.26. The van der Waals surface area contributed by atoms with Crippen LogP contribution in [0.5, 0.6) is 11.5 Å². The Balaban J connectivity index is 2.41. The van der Waals surface area contributed by atoms with Crippen LogP contribution >= 0.6 is 0 Å². The highest BCUT2D eigenvalue weighted by Crippen LogP contribution is 2.22. The lowest BCUT2D eigenvalue weighted by Crippen LogP contribution is -2.03. The van der Waals surface area contributed by atoms with Gasteiger partial charge in [0, 0.05) is 46.3 Å². The molecular formula is C15H24O4. The first kappa shape index (κ1) is 15.8. The van der Waals surface area contributed by atoms with Crippen LogP contribution < -0.4 is 9.47 Å². The molecule has 0 aliphatic carbocycles. The van der Waals surface area contributed by atoms with Gasteiger partial charge in [-0.2, -0.15) is 0 Å². The van der Waals surface area contributed by atoms with Crippen LogP contribution in [-0.2, 0) is 9.47 Å². The molecule has 0 aromatic heterocycles. The SMILES string of the molecule is COCCCOc1cc(C)cc(OCCCOC)c1. The second-order valence-electron chi connectivity index (χ2n) is 4.37. The van der Waals surface area contributed by atoms with E-state index in [2.05, 4.69) is 0 Å². The van der Waals surface area contributed by atoms with Crippen LogP contribution in [0, 0.1) is 6.92 Å².